The van der Waals surface area contributed by atoms with Crippen LogP contribution in [0.3, 0.4) is 0 Å². The molecule has 2 N–H and O–H groups in total. The number of nitrogens with zero attached hydrogens (tertiary/aromatic N) is 3. The Labute approximate surface area is 166 Å². The SMILES string of the molecule is CN=C(C=CN)c1nc(-c2ccsc2)ccc1Oc1ccc(S)cc1C#N. The van der Waals surface area contributed by atoms with E-state index in [1.165, 1.54) is 6.20 Å². The van der Waals surface area contributed by atoms with Gasteiger partial charge < -0.3 is 10.5 Å². The van der Waals surface area contributed by atoms with Crippen LogP contribution >= 0.6 is 24.0 Å². The van der Waals surface area contributed by atoms with Gasteiger partial charge in [-0.05, 0) is 54.1 Å². The fourth-order valence-corrected chi connectivity index (χ4v) is 3.30. The van der Waals surface area contributed by atoms with Crippen molar-refractivity contribution in [1.82, 2.24) is 4.98 Å². The Morgan fingerprint density at radius 2 is 2.11 bits per heavy atom. The zero-order chi connectivity index (χ0) is 19.2. The standard InChI is InChI=1S/C20H16N4OS2/c1-23-17(6-8-21)20-19(5-3-16(24-20)13-7-9-27-12-13)25-18-4-2-15(26)10-14(18)11-22/h2-10,12,26H,21H2,1H3. The van der Waals surface area contributed by atoms with Crippen molar-refractivity contribution < 1.29 is 4.74 Å². The van der Waals surface area contributed by atoms with Crippen LogP contribution in [0.15, 0.2) is 69.3 Å². The van der Waals surface area contributed by atoms with E-state index < -0.39 is 0 Å². The molecule has 5 nitrogen and oxygen atoms in total. The minimum Gasteiger partial charge on any atom is -0.454 e. The first-order valence-electron chi connectivity index (χ1n) is 7.96. The predicted molar refractivity (Wildman–Crippen MR) is 112 cm³/mol. The van der Waals surface area contributed by atoms with E-state index in [0.29, 0.717) is 33.4 Å². The smallest absolute Gasteiger partial charge is 0.155 e. The fourth-order valence-electron chi connectivity index (χ4n) is 2.45. The fraction of sp³-hybridized carbons (Fsp3) is 0.0500. The number of ether oxygens (including phenoxy) is 1. The largest absolute Gasteiger partial charge is 0.454 e. The molecule has 0 bridgehead atoms. The predicted octanol–water partition coefficient (Wildman–Crippen LogP) is 4.65. The second kappa shape index (κ2) is 8.54. The quantitative estimate of drug-likeness (QED) is 0.489. The van der Waals surface area contributed by atoms with Gasteiger partial charge in [0.2, 0.25) is 0 Å². The Bertz CT molecular complexity index is 1050. The van der Waals surface area contributed by atoms with Crippen molar-refractivity contribution in [1.29, 1.82) is 5.26 Å². The lowest BCUT2D eigenvalue weighted by atomic mass is 10.1. The van der Waals surface area contributed by atoms with Crippen LogP contribution in [0.1, 0.15) is 11.3 Å². The van der Waals surface area contributed by atoms with Crippen molar-refractivity contribution in [3.8, 4) is 28.8 Å². The molecular weight excluding hydrogens is 376 g/mol. The zero-order valence-electron chi connectivity index (χ0n) is 14.5. The minimum absolute atomic E-state index is 0.389. The molecule has 7 heteroatoms. The number of nitriles is 1. The first kappa shape index (κ1) is 18.7. The first-order chi connectivity index (χ1) is 13.2. The van der Waals surface area contributed by atoms with E-state index >= 15 is 0 Å². The summed E-state index contributed by atoms with van der Waals surface area (Å²) >= 11 is 5.86. The molecule has 2 heterocycles. The summed E-state index contributed by atoms with van der Waals surface area (Å²) in [4.78, 5) is 9.67. The van der Waals surface area contributed by atoms with E-state index in [0.717, 1.165) is 11.3 Å². The maximum Gasteiger partial charge on any atom is 0.155 e. The zero-order valence-corrected chi connectivity index (χ0v) is 16.2. The number of rotatable bonds is 5. The number of aliphatic imine (C=N–C) groups is 1. The highest BCUT2D eigenvalue weighted by molar-refractivity contribution is 7.80. The van der Waals surface area contributed by atoms with Crippen molar-refractivity contribution in [2.75, 3.05) is 7.05 Å². The lowest BCUT2D eigenvalue weighted by molar-refractivity contribution is 0.477. The van der Waals surface area contributed by atoms with Crippen molar-refractivity contribution in [3.05, 3.63) is 70.7 Å². The van der Waals surface area contributed by atoms with Gasteiger partial charge in [-0.25, -0.2) is 4.98 Å². The molecule has 3 aromatic rings. The lowest BCUT2D eigenvalue weighted by Gasteiger charge is -2.13. The van der Waals surface area contributed by atoms with Crippen molar-refractivity contribution >= 4 is 29.7 Å². The summed E-state index contributed by atoms with van der Waals surface area (Å²) in [5.74, 6) is 0.907. The molecule has 27 heavy (non-hydrogen) atoms. The molecular formula is C20H16N4OS2. The van der Waals surface area contributed by atoms with Gasteiger partial charge in [0.15, 0.2) is 5.75 Å². The number of pyridine rings is 1. The van der Waals surface area contributed by atoms with Gasteiger partial charge in [-0.2, -0.15) is 16.6 Å². The Hall–Kier alpha value is -3.08. The minimum atomic E-state index is 0.389. The molecule has 1 aromatic carbocycles. The van der Waals surface area contributed by atoms with Crippen molar-refractivity contribution in [2.24, 2.45) is 10.7 Å². The maximum atomic E-state index is 9.37. The van der Waals surface area contributed by atoms with Crippen LogP contribution in [0.2, 0.25) is 0 Å². The molecule has 0 fully saturated rings. The van der Waals surface area contributed by atoms with Crippen LogP contribution in [0, 0.1) is 11.3 Å². The summed E-state index contributed by atoms with van der Waals surface area (Å²) in [6.45, 7) is 0. The molecule has 0 amide bonds. The molecule has 134 valence electrons. The molecule has 0 spiro atoms. The van der Waals surface area contributed by atoms with E-state index in [1.807, 2.05) is 29.0 Å². The van der Waals surface area contributed by atoms with E-state index in [1.54, 1.807) is 42.7 Å². The van der Waals surface area contributed by atoms with Gasteiger partial charge in [0.1, 0.15) is 17.5 Å². The molecule has 0 aliphatic carbocycles. The van der Waals surface area contributed by atoms with E-state index in [-0.39, 0.29) is 0 Å². The van der Waals surface area contributed by atoms with Crippen LogP contribution < -0.4 is 10.5 Å². The summed E-state index contributed by atoms with van der Waals surface area (Å²) in [7, 11) is 1.66. The molecule has 2 aromatic heterocycles. The third kappa shape index (κ3) is 4.19. The highest BCUT2D eigenvalue weighted by Crippen LogP contribution is 2.31. The summed E-state index contributed by atoms with van der Waals surface area (Å²) < 4.78 is 6.02. The lowest BCUT2D eigenvalue weighted by Crippen LogP contribution is -2.06. The number of hydrogen-bond acceptors (Lipinski definition) is 7. The highest BCUT2D eigenvalue weighted by Gasteiger charge is 2.15. The number of thiophene rings is 1. The molecule has 0 radical (unpaired) electrons. The van der Waals surface area contributed by atoms with Gasteiger partial charge in [-0.3, -0.25) is 4.99 Å². The molecule has 0 unspecified atom stereocenters. The Kier molecular flexibility index (Phi) is 5.91. The van der Waals surface area contributed by atoms with Crippen LogP contribution in [0.5, 0.6) is 11.5 Å². The van der Waals surface area contributed by atoms with Crippen LogP contribution in [-0.4, -0.2) is 17.7 Å². The average Bonchev–Trinajstić information content (AvgIpc) is 3.22. The van der Waals surface area contributed by atoms with Crippen LogP contribution in [-0.2, 0) is 0 Å². The first-order valence-corrected chi connectivity index (χ1v) is 9.35. The third-order valence-electron chi connectivity index (χ3n) is 3.72. The number of allylic oxidation sites excluding steroid dienone is 1. The topological polar surface area (TPSA) is 84.3 Å². The third-order valence-corrected chi connectivity index (χ3v) is 4.68. The van der Waals surface area contributed by atoms with Gasteiger partial charge in [0.05, 0.1) is 17.0 Å². The number of thiol groups is 1. The Morgan fingerprint density at radius 3 is 2.78 bits per heavy atom. The number of nitrogens with two attached hydrogens (primary N) is 1. The normalized spacial score (nSPS) is 11.5. The maximum absolute atomic E-state index is 9.37. The van der Waals surface area contributed by atoms with Gasteiger partial charge in [0.25, 0.3) is 0 Å². The summed E-state index contributed by atoms with van der Waals surface area (Å²) in [6.07, 6.45) is 3.07. The monoisotopic (exact) mass is 392 g/mol. The van der Waals surface area contributed by atoms with E-state index in [9.17, 15) is 5.26 Å². The van der Waals surface area contributed by atoms with E-state index in [2.05, 4.69) is 23.7 Å². The number of hydrogen-bond donors (Lipinski definition) is 2. The molecule has 0 aliphatic rings. The van der Waals surface area contributed by atoms with Crippen LogP contribution in [0.25, 0.3) is 11.3 Å². The second-order valence-electron chi connectivity index (χ2n) is 5.42. The number of aromatic nitrogens is 1. The van der Waals surface area contributed by atoms with Crippen LogP contribution in [0.4, 0.5) is 0 Å². The summed E-state index contributed by atoms with van der Waals surface area (Å²) in [5.41, 5.74) is 8.88. The summed E-state index contributed by atoms with van der Waals surface area (Å²) in [6, 6.07) is 12.9. The Balaban J connectivity index is 2.11. The molecule has 0 saturated carbocycles. The molecule has 3 rings (SSSR count). The molecule has 0 atom stereocenters. The summed E-state index contributed by atoms with van der Waals surface area (Å²) in [5, 5.41) is 13.4. The van der Waals surface area contributed by atoms with Gasteiger partial charge in [0, 0.05) is 22.9 Å². The highest BCUT2D eigenvalue weighted by atomic mass is 32.1. The van der Waals surface area contributed by atoms with Crippen molar-refractivity contribution in [2.45, 2.75) is 4.90 Å². The Morgan fingerprint density at radius 1 is 1.30 bits per heavy atom. The number of benzene rings is 1. The van der Waals surface area contributed by atoms with Gasteiger partial charge in [-0.15, -0.1) is 12.6 Å². The molecule has 0 saturated heterocycles. The second-order valence-corrected chi connectivity index (χ2v) is 6.71. The average molecular weight is 393 g/mol. The van der Waals surface area contributed by atoms with Crippen molar-refractivity contribution in [3.63, 3.8) is 0 Å². The van der Waals surface area contributed by atoms with E-state index in [4.69, 9.17) is 15.5 Å². The van der Waals surface area contributed by atoms with Gasteiger partial charge >= 0.3 is 0 Å². The molecule has 0 aliphatic heterocycles. The van der Waals surface area contributed by atoms with Gasteiger partial charge in [-0.1, -0.05) is 0 Å².